The van der Waals surface area contributed by atoms with Crippen molar-refractivity contribution in [2.24, 2.45) is 0 Å². The number of rotatable bonds is 4. The number of aromatic nitrogens is 2. The number of hydrogen-bond donors (Lipinski definition) is 0. The molecular formula is C25H28N5OS+. The summed E-state index contributed by atoms with van der Waals surface area (Å²) < 4.78 is 3.04. The maximum atomic E-state index is 13.0. The fourth-order valence-corrected chi connectivity index (χ4v) is 6.40. The Labute approximate surface area is 193 Å². The molecule has 32 heavy (non-hydrogen) atoms. The highest BCUT2D eigenvalue weighted by atomic mass is 32.2. The van der Waals surface area contributed by atoms with Gasteiger partial charge < -0.3 is 9.47 Å². The third-order valence-corrected chi connectivity index (χ3v) is 8.10. The van der Waals surface area contributed by atoms with Crippen molar-refractivity contribution in [3.05, 3.63) is 78.4 Å². The van der Waals surface area contributed by atoms with Crippen LogP contribution in [0.1, 0.15) is 18.9 Å². The van der Waals surface area contributed by atoms with Crippen LogP contribution < -0.4 is 0 Å². The van der Waals surface area contributed by atoms with Gasteiger partial charge in [0.1, 0.15) is 18.6 Å². The van der Waals surface area contributed by atoms with Crippen LogP contribution in [0.2, 0.25) is 0 Å². The van der Waals surface area contributed by atoms with Crippen molar-refractivity contribution >= 4 is 17.7 Å². The van der Waals surface area contributed by atoms with Gasteiger partial charge in [0.15, 0.2) is 5.70 Å². The Balaban J connectivity index is 1.17. The standard InChI is InChI=1S/C25H28N5OS/c31-25(27-14-16-32-19-27)21-17-23-7-4-15-30(23,18-21)28-11-8-22(9-12-28)29-13-10-26-24(29)20-5-2-1-3-6-20/h1-7,10,13,15,17,22H,8-9,11-12,14,16,18-19H2/q+1/t30-/m1/s1. The highest BCUT2D eigenvalue weighted by molar-refractivity contribution is 7.99. The van der Waals surface area contributed by atoms with Crippen molar-refractivity contribution in [3.8, 4) is 11.4 Å². The van der Waals surface area contributed by atoms with Crippen LogP contribution in [0.15, 0.2) is 78.4 Å². The number of allylic oxidation sites excluding steroid dienone is 3. The van der Waals surface area contributed by atoms with Crippen LogP contribution in [0.4, 0.5) is 0 Å². The monoisotopic (exact) mass is 446 g/mol. The number of imidazole rings is 1. The van der Waals surface area contributed by atoms with Gasteiger partial charge in [-0.05, 0) is 18.9 Å². The topological polar surface area (TPSA) is 41.4 Å². The van der Waals surface area contributed by atoms with Gasteiger partial charge in [-0.15, -0.1) is 16.8 Å². The summed E-state index contributed by atoms with van der Waals surface area (Å²) in [4.78, 5) is 19.7. The Hall–Kier alpha value is -2.61. The van der Waals surface area contributed by atoms with E-state index in [2.05, 4.69) is 69.5 Å². The lowest BCUT2D eigenvalue weighted by atomic mass is 10.0. The van der Waals surface area contributed by atoms with E-state index < -0.39 is 0 Å². The van der Waals surface area contributed by atoms with Crippen LogP contribution in [-0.4, -0.2) is 67.8 Å². The first-order chi connectivity index (χ1) is 15.7. The highest BCUT2D eigenvalue weighted by Gasteiger charge is 2.48. The van der Waals surface area contributed by atoms with Crippen molar-refractivity contribution in [3.63, 3.8) is 0 Å². The van der Waals surface area contributed by atoms with Crippen molar-refractivity contribution in [2.45, 2.75) is 18.9 Å². The number of amides is 1. The molecule has 4 aliphatic heterocycles. The molecule has 2 aromatic rings. The summed E-state index contributed by atoms with van der Waals surface area (Å²) in [6.07, 6.45) is 14.9. The summed E-state index contributed by atoms with van der Waals surface area (Å²) in [6.45, 7) is 3.60. The number of fused-ring (bicyclic) bond motifs is 1. The van der Waals surface area contributed by atoms with E-state index in [4.69, 9.17) is 0 Å². The van der Waals surface area contributed by atoms with Gasteiger partial charge in [-0.2, -0.15) is 4.59 Å². The maximum Gasteiger partial charge on any atom is 0.256 e. The molecular weight excluding hydrogens is 418 g/mol. The highest BCUT2D eigenvalue weighted by Crippen LogP contribution is 2.40. The van der Waals surface area contributed by atoms with Crippen LogP contribution in [-0.2, 0) is 4.79 Å². The Kier molecular flexibility index (Phi) is 5.05. The van der Waals surface area contributed by atoms with E-state index in [1.807, 2.05) is 28.9 Å². The van der Waals surface area contributed by atoms with Gasteiger partial charge >= 0.3 is 0 Å². The van der Waals surface area contributed by atoms with Crippen molar-refractivity contribution < 1.29 is 9.39 Å². The fraction of sp³-hybridized carbons (Fsp3) is 0.360. The Morgan fingerprint density at radius 3 is 2.75 bits per heavy atom. The van der Waals surface area contributed by atoms with E-state index >= 15 is 0 Å². The molecule has 2 saturated heterocycles. The van der Waals surface area contributed by atoms with E-state index in [1.54, 1.807) is 0 Å². The van der Waals surface area contributed by atoms with Gasteiger partial charge in [0.2, 0.25) is 0 Å². The van der Waals surface area contributed by atoms with Crippen molar-refractivity contribution in [2.75, 3.05) is 37.8 Å². The largest absolute Gasteiger partial charge is 0.329 e. The smallest absolute Gasteiger partial charge is 0.256 e. The fourth-order valence-electron chi connectivity index (χ4n) is 5.46. The minimum absolute atomic E-state index is 0.219. The molecule has 0 N–H and O–H groups in total. The molecule has 164 valence electrons. The van der Waals surface area contributed by atoms with Crippen LogP contribution in [0, 0.1) is 0 Å². The Bertz CT molecular complexity index is 1110. The van der Waals surface area contributed by atoms with Gasteiger partial charge in [0.05, 0.1) is 24.5 Å². The van der Waals surface area contributed by atoms with Crippen LogP contribution in [0.5, 0.6) is 0 Å². The van der Waals surface area contributed by atoms with E-state index in [0.717, 1.165) is 62.0 Å². The lowest BCUT2D eigenvalue weighted by Gasteiger charge is -2.43. The number of hydrogen-bond acceptors (Lipinski definition) is 4. The quantitative estimate of drug-likeness (QED) is 0.670. The van der Waals surface area contributed by atoms with E-state index in [0.29, 0.717) is 10.6 Å². The van der Waals surface area contributed by atoms with Gasteiger partial charge in [-0.3, -0.25) is 4.79 Å². The third kappa shape index (κ3) is 3.27. The first kappa shape index (κ1) is 20.0. The normalized spacial score (nSPS) is 25.8. The van der Waals surface area contributed by atoms with Crippen molar-refractivity contribution in [1.82, 2.24) is 19.5 Å². The molecule has 0 radical (unpaired) electrons. The van der Waals surface area contributed by atoms with Crippen molar-refractivity contribution in [1.29, 1.82) is 0 Å². The lowest BCUT2D eigenvalue weighted by molar-refractivity contribution is -0.949. The summed E-state index contributed by atoms with van der Waals surface area (Å²) in [5.74, 6) is 3.15. The van der Waals surface area contributed by atoms with Gasteiger partial charge in [-0.1, -0.05) is 30.3 Å². The molecule has 0 unspecified atom stereocenters. The number of piperidine rings is 1. The Morgan fingerprint density at radius 1 is 1.12 bits per heavy atom. The minimum Gasteiger partial charge on any atom is -0.329 e. The third-order valence-electron chi connectivity index (χ3n) is 7.13. The molecule has 0 aliphatic carbocycles. The predicted molar refractivity (Wildman–Crippen MR) is 127 cm³/mol. The summed E-state index contributed by atoms with van der Waals surface area (Å²) >= 11 is 1.84. The molecule has 1 atom stereocenters. The van der Waals surface area contributed by atoms with Crippen LogP contribution in [0.25, 0.3) is 11.4 Å². The zero-order valence-corrected chi connectivity index (χ0v) is 19.0. The molecule has 7 heteroatoms. The number of carbonyl (C=O) groups excluding carboxylic acids is 1. The van der Waals surface area contributed by atoms with E-state index in [1.165, 1.54) is 11.3 Å². The van der Waals surface area contributed by atoms with E-state index in [-0.39, 0.29) is 5.91 Å². The minimum atomic E-state index is 0.219. The Morgan fingerprint density at radius 2 is 1.97 bits per heavy atom. The number of carbonyl (C=O) groups is 1. The zero-order valence-electron chi connectivity index (χ0n) is 18.1. The molecule has 1 aromatic heterocycles. The number of nitrogens with zero attached hydrogens (tertiary/aromatic N) is 5. The molecule has 1 aromatic carbocycles. The number of quaternary nitrogens is 1. The average Bonchev–Trinajstić information content (AvgIpc) is 3.63. The molecule has 0 saturated carbocycles. The molecule has 2 fully saturated rings. The van der Waals surface area contributed by atoms with Crippen LogP contribution >= 0.6 is 11.8 Å². The second-order valence-electron chi connectivity index (χ2n) is 8.90. The zero-order chi connectivity index (χ0) is 21.5. The van der Waals surface area contributed by atoms with Gasteiger partial charge in [0.25, 0.3) is 5.91 Å². The summed E-state index contributed by atoms with van der Waals surface area (Å²) in [5.41, 5.74) is 3.35. The van der Waals surface area contributed by atoms with E-state index in [9.17, 15) is 4.79 Å². The molecule has 0 spiro atoms. The van der Waals surface area contributed by atoms with Gasteiger partial charge in [0, 0.05) is 48.4 Å². The molecule has 6 rings (SSSR count). The SMILES string of the molecule is O=C(C1=CC2=CC=C[N@@+]2(N2CCC(n3ccnc3-c3ccccc3)CC2)C1)N1CCSC1. The summed E-state index contributed by atoms with van der Waals surface area (Å²) in [6, 6.07) is 10.9. The van der Waals surface area contributed by atoms with Crippen LogP contribution in [0.3, 0.4) is 0 Å². The molecule has 4 aliphatic rings. The summed E-state index contributed by atoms with van der Waals surface area (Å²) in [7, 11) is 0. The number of thioether (sulfide) groups is 1. The maximum absolute atomic E-state index is 13.0. The molecule has 6 nitrogen and oxygen atoms in total. The first-order valence-electron chi connectivity index (χ1n) is 11.4. The predicted octanol–water partition coefficient (Wildman–Crippen LogP) is 3.80. The molecule has 1 amide bonds. The molecule has 0 bridgehead atoms. The number of benzene rings is 1. The molecule has 5 heterocycles. The average molecular weight is 447 g/mol. The van der Waals surface area contributed by atoms with Gasteiger partial charge in [-0.25, -0.2) is 4.98 Å². The lowest BCUT2D eigenvalue weighted by Crippen LogP contribution is -2.56. The summed E-state index contributed by atoms with van der Waals surface area (Å²) in [5, 5.41) is 2.54. The second-order valence-corrected chi connectivity index (χ2v) is 9.98. The second kappa shape index (κ2) is 8.06. The first-order valence-corrected chi connectivity index (χ1v) is 12.6.